The maximum absolute atomic E-state index is 12.0. The summed E-state index contributed by atoms with van der Waals surface area (Å²) in [5, 5.41) is 3.42. The van der Waals surface area contributed by atoms with E-state index in [1.165, 1.54) is 4.90 Å². The van der Waals surface area contributed by atoms with Crippen molar-refractivity contribution in [2.45, 2.75) is 19.3 Å². The fraction of sp³-hybridized carbons (Fsp3) is 0.846. The standard InChI is InChI=1S/C13H23N3O2/c1-15(2)12(17)7-13(18)16-5-3-10-8-14-9-11(10)4-6-16/h10-11,14H,3-9H2,1-2H3/t10-,11+. The molecule has 2 aliphatic rings. The maximum Gasteiger partial charge on any atom is 0.232 e. The van der Waals surface area contributed by atoms with Gasteiger partial charge in [0.1, 0.15) is 6.42 Å². The van der Waals surface area contributed by atoms with Gasteiger partial charge in [-0.25, -0.2) is 0 Å². The molecule has 0 aliphatic carbocycles. The van der Waals surface area contributed by atoms with Crippen LogP contribution in [0, 0.1) is 11.8 Å². The Balaban J connectivity index is 1.86. The molecule has 1 N–H and O–H groups in total. The second-order valence-corrected chi connectivity index (χ2v) is 5.60. The van der Waals surface area contributed by atoms with Gasteiger partial charge in [0.2, 0.25) is 11.8 Å². The third-order valence-corrected chi connectivity index (χ3v) is 4.17. The van der Waals surface area contributed by atoms with Crippen LogP contribution in [0.4, 0.5) is 0 Å². The summed E-state index contributed by atoms with van der Waals surface area (Å²) >= 11 is 0. The lowest BCUT2D eigenvalue weighted by atomic mass is 9.92. The van der Waals surface area contributed by atoms with E-state index in [-0.39, 0.29) is 18.2 Å². The molecule has 0 radical (unpaired) electrons. The van der Waals surface area contributed by atoms with E-state index < -0.39 is 0 Å². The van der Waals surface area contributed by atoms with Gasteiger partial charge in [-0.3, -0.25) is 9.59 Å². The fourth-order valence-corrected chi connectivity index (χ4v) is 2.87. The van der Waals surface area contributed by atoms with Crippen molar-refractivity contribution in [1.29, 1.82) is 0 Å². The first-order chi connectivity index (χ1) is 8.58. The van der Waals surface area contributed by atoms with Gasteiger partial charge in [0.05, 0.1) is 0 Å². The molecule has 0 unspecified atom stereocenters. The molecule has 2 amide bonds. The van der Waals surface area contributed by atoms with Gasteiger partial charge in [-0.15, -0.1) is 0 Å². The summed E-state index contributed by atoms with van der Waals surface area (Å²) in [6.45, 7) is 3.79. The van der Waals surface area contributed by atoms with Gasteiger partial charge in [-0.2, -0.15) is 0 Å². The van der Waals surface area contributed by atoms with Crippen LogP contribution in [-0.2, 0) is 9.59 Å². The Morgan fingerprint density at radius 2 is 1.72 bits per heavy atom. The van der Waals surface area contributed by atoms with Crippen LogP contribution in [0.3, 0.4) is 0 Å². The summed E-state index contributed by atoms with van der Waals surface area (Å²) in [6.07, 6.45) is 2.15. The number of fused-ring (bicyclic) bond motifs is 1. The van der Waals surface area contributed by atoms with Crippen molar-refractivity contribution >= 4 is 11.8 Å². The van der Waals surface area contributed by atoms with Crippen LogP contribution < -0.4 is 5.32 Å². The average molecular weight is 253 g/mol. The summed E-state index contributed by atoms with van der Waals surface area (Å²) in [6, 6.07) is 0. The van der Waals surface area contributed by atoms with Gasteiger partial charge in [0.25, 0.3) is 0 Å². The number of nitrogens with one attached hydrogen (secondary N) is 1. The van der Waals surface area contributed by atoms with Gasteiger partial charge in [-0.05, 0) is 37.8 Å². The number of amides is 2. The van der Waals surface area contributed by atoms with E-state index in [4.69, 9.17) is 0 Å². The van der Waals surface area contributed by atoms with Crippen molar-refractivity contribution in [3.8, 4) is 0 Å². The number of carbonyl (C=O) groups is 2. The van der Waals surface area contributed by atoms with Gasteiger partial charge in [0.15, 0.2) is 0 Å². The Labute approximate surface area is 108 Å². The monoisotopic (exact) mass is 253 g/mol. The van der Waals surface area contributed by atoms with Crippen molar-refractivity contribution in [2.75, 3.05) is 40.3 Å². The highest BCUT2D eigenvalue weighted by molar-refractivity contribution is 5.96. The zero-order chi connectivity index (χ0) is 13.1. The van der Waals surface area contributed by atoms with E-state index in [2.05, 4.69) is 5.32 Å². The number of likely N-dealkylation sites (tertiary alicyclic amines) is 1. The Morgan fingerprint density at radius 1 is 1.17 bits per heavy atom. The molecule has 2 atom stereocenters. The molecule has 2 saturated heterocycles. The zero-order valence-corrected chi connectivity index (χ0v) is 11.3. The van der Waals surface area contributed by atoms with E-state index in [1.807, 2.05) is 4.90 Å². The number of nitrogens with zero attached hydrogens (tertiary/aromatic N) is 2. The van der Waals surface area contributed by atoms with Crippen molar-refractivity contribution in [1.82, 2.24) is 15.1 Å². The van der Waals surface area contributed by atoms with E-state index in [0.29, 0.717) is 11.8 Å². The lowest BCUT2D eigenvalue weighted by molar-refractivity contribution is -0.139. The second-order valence-electron chi connectivity index (χ2n) is 5.60. The molecule has 2 fully saturated rings. The number of rotatable bonds is 2. The van der Waals surface area contributed by atoms with Crippen LogP contribution >= 0.6 is 0 Å². The molecule has 0 aromatic rings. The van der Waals surface area contributed by atoms with Crippen molar-refractivity contribution in [3.05, 3.63) is 0 Å². The summed E-state index contributed by atoms with van der Waals surface area (Å²) in [5.74, 6) is 1.31. The zero-order valence-electron chi connectivity index (χ0n) is 11.3. The van der Waals surface area contributed by atoms with Crippen LogP contribution in [0.2, 0.25) is 0 Å². The Bertz CT molecular complexity index is 316. The molecule has 0 aromatic heterocycles. The Hall–Kier alpha value is -1.10. The molecule has 5 nitrogen and oxygen atoms in total. The molecular formula is C13H23N3O2. The van der Waals surface area contributed by atoms with Gasteiger partial charge in [0, 0.05) is 27.2 Å². The third-order valence-electron chi connectivity index (χ3n) is 4.17. The first-order valence-electron chi connectivity index (χ1n) is 6.76. The molecule has 5 heteroatoms. The lowest BCUT2D eigenvalue weighted by Gasteiger charge is -2.21. The summed E-state index contributed by atoms with van der Waals surface area (Å²) in [4.78, 5) is 26.9. The SMILES string of the molecule is CN(C)C(=O)CC(=O)N1CC[C@@H]2CNC[C@@H]2CC1. The average Bonchev–Trinajstić information content (AvgIpc) is 2.67. The first-order valence-corrected chi connectivity index (χ1v) is 6.76. The normalized spacial score (nSPS) is 27.6. The van der Waals surface area contributed by atoms with Crippen LogP contribution in [-0.4, -0.2) is 61.9 Å². The molecule has 0 spiro atoms. The van der Waals surface area contributed by atoms with Crippen molar-refractivity contribution in [2.24, 2.45) is 11.8 Å². The van der Waals surface area contributed by atoms with Crippen LogP contribution in [0.5, 0.6) is 0 Å². The Morgan fingerprint density at radius 3 is 2.22 bits per heavy atom. The molecule has 0 bridgehead atoms. The largest absolute Gasteiger partial charge is 0.348 e. The minimum Gasteiger partial charge on any atom is -0.348 e. The summed E-state index contributed by atoms with van der Waals surface area (Å²) in [7, 11) is 3.38. The highest BCUT2D eigenvalue weighted by Crippen LogP contribution is 2.27. The predicted octanol–water partition coefficient (Wildman–Crippen LogP) is -0.0773. The first kappa shape index (κ1) is 13.3. The third kappa shape index (κ3) is 3.02. The predicted molar refractivity (Wildman–Crippen MR) is 69.0 cm³/mol. The number of hydrogen-bond acceptors (Lipinski definition) is 3. The lowest BCUT2D eigenvalue weighted by Crippen LogP contribution is -2.36. The van der Waals surface area contributed by atoms with Crippen LogP contribution in [0.15, 0.2) is 0 Å². The highest BCUT2D eigenvalue weighted by atomic mass is 16.2. The van der Waals surface area contributed by atoms with Crippen molar-refractivity contribution < 1.29 is 9.59 Å². The van der Waals surface area contributed by atoms with E-state index in [9.17, 15) is 9.59 Å². The maximum atomic E-state index is 12.0. The molecule has 102 valence electrons. The van der Waals surface area contributed by atoms with Gasteiger partial charge >= 0.3 is 0 Å². The summed E-state index contributed by atoms with van der Waals surface area (Å²) < 4.78 is 0. The van der Waals surface area contributed by atoms with Crippen LogP contribution in [0.25, 0.3) is 0 Å². The Kier molecular flexibility index (Phi) is 4.22. The van der Waals surface area contributed by atoms with E-state index in [0.717, 1.165) is 39.0 Å². The molecule has 0 aromatic carbocycles. The highest BCUT2D eigenvalue weighted by Gasteiger charge is 2.31. The molecule has 2 heterocycles. The minimum atomic E-state index is -0.105. The minimum absolute atomic E-state index is 0.0124. The topological polar surface area (TPSA) is 52.7 Å². The summed E-state index contributed by atoms with van der Waals surface area (Å²) in [5.41, 5.74) is 0. The molecule has 0 saturated carbocycles. The molecule has 2 rings (SSSR count). The molecular weight excluding hydrogens is 230 g/mol. The van der Waals surface area contributed by atoms with Crippen LogP contribution in [0.1, 0.15) is 19.3 Å². The second kappa shape index (κ2) is 5.69. The number of hydrogen-bond donors (Lipinski definition) is 1. The smallest absolute Gasteiger partial charge is 0.232 e. The van der Waals surface area contributed by atoms with Gasteiger partial charge < -0.3 is 15.1 Å². The molecule has 18 heavy (non-hydrogen) atoms. The number of carbonyl (C=O) groups excluding carboxylic acids is 2. The quantitative estimate of drug-likeness (QED) is 0.701. The fourth-order valence-electron chi connectivity index (χ4n) is 2.87. The molecule has 2 aliphatic heterocycles. The van der Waals surface area contributed by atoms with E-state index in [1.54, 1.807) is 14.1 Å². The van der Waals surface area contributed by atoms with E-state index >= 15 is 0 Å². The van der Waals surface area contributed by atoms with Gasteiger partial charge in [-0.1, -0.05) is 0 Å². The van der Waals surface area contributed by atoms with Crippen molar-refractivity contribution in [3.63, 3.8) is 0 Å².